The average molecular weight is 467 g/mol. The van der Waals surface area contributed by atoms with Crippen LogP contribution in [-0.2, 0) is 11.3 Å². The van der Waals surface area contributed by atoms with Crippen molar-refractivity contribution < 1.29 is 14.0 Å². The summed E-state index contributed by atoms with van der Waals surface area (Å²) in [7, 11) is 0. The third-order valence-electron chi connectivity index (χ3n) is 5.57. The van der Waals surface area contributed by atoms with E-state index in [9.17, 15) is 9.59 Å². The predicted octanol–water partition coefficient (Wildman–Crippen LogP) is 4.50. The highest BCUT2D eigenvalue weighted by Crippen LogP contribution is 2.23. The predicted molar refractivity (Wildman–Crippen MR) is 129 cm³/mol. The zero-order valence-corrected chi connectivity index (χ0v) is 19.0. The molecule has 1 aliphatic rings. The van der Waals surface area contributed by atoms with Gasteiger partial charge in [-0.15, -0.1) is 0 Å². The summed E-state index contributed by atoms with van der Waals surface area (Å²) < 4.78 is 5.83. The normalized spacial score (nSPS) is 14.6. The van der Waals surface area contributed by atoms with Crippen molar-refractivity contribution in [3.8, 4) is 11.3 Å². The fourth-order valence-corrected chi connectivity index (χ4v) is 3.92. The number of furan rings is 1. The minimum Gasteiger partial charge on any atom is -0.459 e. The number of carbonyl (C=O) groups is 2. The number of carbonyl (C=O) groups excluding carboxylic acids is 2. The summed E-state index contributed by atoms with van der Waals surface area (Å²) in [5.74, 6) is 1.38. The first kappa shape index (κ1) is 22.9. The van der Waals surface area contributed by atoms with Gasteiger partial charge in [-0.3, -0.25) is 9.69 Å². The lowest BCUT2D eigenvalue weighted by atomic mass is 10.1. The molecule has 0 unspecified atom stereocenters. The number of rotatable bonds is 7. The van der Waals surface area contributed by atoms with Gasteiger partial charge in [-0.25, -0.2) is 4.79 Å². The maximum absolute atomic E-state index is 12.4. The highest BCUT2D eigenvalue weighted by Gasteiger charge is 2.22. The van der Waals surface area contributed by atoms with Crippen molar-refractivity contribution in [3.05, 3.63) is 77.5 Å². The lowest BCUT2D eigenvalue weighted by Crippen LogP contribution is -2.48. The van der Waals surface area contributed by atoms with Crippen molar-refractivity contribution in [1.82, 2.24) is 15.5 Å². The van der Waals surface area contributed by atoms with Crippen molar-refractivity contribution in [1.29, 1.82) is 0 Å². The van der Waals surface area contributed by atoms with Crippen molar-refractivity contribution in [2.24, 2.45) is 0 Å². The molecule has 3 amide bonds. The second kappa shape index (κ2) is 11.0. The molecule has 33 heavy (non-hydrogen) atoms. The molecule has 172 valence electrons. The smallest absolute Gasteiger partial charge is 0.319 e. The van der Waals surface area contributed by atoms with E-state index in [2.05, 4.69) is 20.9 Å². The van der Waals surface area contributed by atoms with Crippen LogP contribution in [0.25, 0.3) is 11.3 Å². The zero-order chi connectivity index (χ0) is 23.0. The quantitative estimate of drug-likeness (QED) is 0.478. The van der Waals surface area contributed by atoms with Crippen LogP contribution in [0.1, 0.15) is 18.6 Å². The number of likely N-dealkylation sites (tertiary alicyclic amines) is 1. The number of nitrogens with zero attached hydrogens (tertiary/aromatic N) is 1. The number of hydrogen-bond acceptors (Lipinski definition) is 4. The molecular weight excluding hydrogens is 440 g/mol. The van der Waals surface area contributed by atoms with Gasteiger partial charge in [-0.2, -0.15) is 0 Å². The molecule has 1 saturated heterocycles. The number of nitrogens with one attached hydrogen (secondary N) is 3. The van der Waals surface area contributed by atoms with Gasteiger partial charge in [0.25, 0.3) is 0 Å². The molecule has 2 heterocycles. The van der Waals surface area contributed by atoms with Crippen LogP contribution in [0.15, 0.2) is 71.1 Å². The molecule has 0 atom stereocenters. The van der Waals surface area contributed by atoms with E-state index in [-0.39, 0.29) is 18.0 Å². The fourth-order valence-electron chi connectivity index (χ4n) is 3.80. The number of anilines is 1. The van der Waals surface area contributed by atoms with Crippen LogP contribution >= 0.6 is 11.6 Å². The Labute approximate surface area is 198 Å². The van der Waals surface area contributed by atoms with E-state index in [1.54, 1.807) is 0 Å². The molecule has 7 nitrogen and oxygen atoms in total. The Morgan fingerprint density at radius 3 is 2.42 bits per heavy atom. The molecule has 0 bridgehead atoms. The molecule has 0 spiro atoms. The highest BCUT2D eigenvalue weighted by molar-refractivity contribution is 6.30. The molecule has 2 aromatic carbocycles. The van der Waals surface area contributed by atoms with E-state index in [4.69, 9.17) is 16.0 Å². The summed E-state index contributed by atoms with van der Waals surface area (Å²) in [4.78, 5) is 26.6. The maximum Gasteiger partial charge on any atom is 0.319 e. The monoisotopic (exact) mass is 466 g/mol. The van der Waals surface area contributed by atoms with Crippen molar-refractivity contribution in [3.63, 3.8) is 0 Å². The second-order valence-corrected chi connectivity index (χ2v) is 8.50. The first-order valence-electron chi connectivity index (χ1n) is 11.0. The number of benzene rings is 2. The van der Waals surface area contributed by atoms with Gasteiger partial charge in [0.1, 0.15) is 11.5 Å². The third-order valence-corrected chi connectivity index (χ3v) is 5.82. The summed E-state index contributed by atoms with van der Waals surface area (Å²) in [5.41, 5.74) is 1.70. The van der Waals surface area contributed by atoms with Gasteiger partial charge in [-0.05, 0) is 61.4 Å². The molecule has 1 aliphatic heterocycles. The van der Waals surface area contributed by atoms with Gasteiger partial charge in [0.05, 0.1) is 13.1 Å². The fraction of sp³-hybridized carbons (Fsp3) is 0.280. The number of urea groups is 1. The van der Waals surface area contributed by atoms with Gasteiger partial charge in [0, 0.05) is 35.4 Å². The average Bonchev–Trinajstić information content (AvgIpc) is 3.29. The maximum atomic E-state index is 12.4. The van der Waals surface area contributed by atoms with E-state index < -0.39 is 0 Å². The largest absolute Gasteiger partial charge is 0.459 e. The number of hydrogen-bond donors (Lipinski definition) is 3. The number of amides is 3. The van der Waals surface area contributed by atoms with Gasteiger partial charge in [-0.1, -0.05) is 29.8 Å². The standard InChI is InChI=1S/C25H27ClN4O3/c26-19-8-6-18(7-9-19)23-11-10-22(33-23)16-27-24(31)17-30-14-12-21(13-15-30)29-25(32)28-20-4-2-1-3-5-20/h1-11,21H,12-17H2,(H,27,31)(H2,28,29,32). The van der Waals surface area contributed by atoms with E-state index in [1.165, 1.54) is 0 Å². The number of halogens is 1. The Balaban J connectivity index is 1.15. The molecule has 0 radical (unpaired) electrons. The summed E-state index contributed by atoms with van der Waals surface area (Å²) in [5, 5.41) is 9.44. The minimum absolute atomic E-state index is 0.0485. The molecule has 8 heteroatoms. The summed E-state index contributed by atoms with van der Waals surface area (Å²) >= 11 is 5.93. The molecular formula is C25H27ClN4O3. The first-order chi connectivity index (χ1) is 16.0. The number of para-hydroxylation sites is 1. The van der Waals surface area contributed by atoms with Gasteiger partial charge < -0.3 is 20.4 Å². The summed E-state index contributed by atoms with van der Waals surface area (Å²) in [6, 6.07) is 20.4. The Morgan fingerprint density at radius 1 is 0.970 bits per heavy atom. The SMILES string of the molecule is O=C(CN1CCC(NC(=O)Nc2ccccc2)CC1)NCc1ccc(-c2ccc(Cl)cc2)o1. The zero-order valence-electron chi connectivity index (χ0n) is 18.2. The van der Waals surface area contributed by atoms with Crippen LogP contribution in [-0.4, -0.2) is 42.5 Å². The third kappa shape index (κ3) is 6.84. The van der Waals surface area contributed by atoms with Crippen LogP contribution in [0, 0.1) is 0 Å². The van der Waals surface area contributed by atoms with Gasteiger partial charge >= 0.3 is 6.03 Å². The van der Waals surface area contributed by atoms with E-state index in [0.717, 1.165) is 42.9 Å². The Kier molecular flexibility index (Phi) is 7.65. The second-order valence-electron chi connectivity index (χ2n) is 8.06. The van der Waals surface area contributed by atoms with Gasteiger partial charge in [0.2, 0.25) is 5.91 Å². The van der Waals surface area contributed by atoms with Crippen molar-refractivity contribution in [2.45, 2.75) is 25.4 Å². The Hall–Kier alpha value is -3.29. The molecule has 1 fully saturated rings. The minimum atomic E-state index is -0.200. The molecule has 0 saturated carbocycles. The first-order valence-corrected chi connectivity index (χ1v) is 11.4. The van der Waals surface area contributed by atoms with Crippen LogP contribution in [0.2, 0.25) is 5.02 Å². The molecule has 1 aromatic heterocycles. The Morgan fingerprint density at radius 2 is 1.70 bits per heavy atom. The lowest BCUT2D eigenvalue weighted by Gasteiger charge is -2.31. The van der Waals surface area contributed by atoms with Crippen LogP contribution < -0.4 is 16.0 Å². The summed E-state index contributed by atoms with van der Waals surface area (Å²) in [6.07, 6.45) is 1.61. The van der Waals surface area contributed by atoms with Gasteiger partial charge in [0.15, 0.2) is 0 Å². The highest BCUT2D eigenvalue weighted by atomic mass is 35.5. The molecule has 3 N–H and O–H groups in total. The van der Waals surface area contributed by atoms with E-state index in [1.807, 2.05) is 66.7 Å². The van der Waals surface area contributed by atoms with E-state index in [0.29, 0.717) is 23.9 Å². The number of piperidine rings is 1. The molecule has 3 aromatic rings. The lowest BCUT2D eigenvalue weighted by molar-refractivity contribution is -0.122. The van der Waals surface area contributed by atoms with Crippen LogP contribution in [0.3, 0.4) is 0 Å². The Bertz CT molecular complexity index is 1060. The molecule has 4 rings (SSSR count). The topological polar surface area (TPSA) is 86.6 Å². The van der Waals surface area contributed by atoms with E-state index >= 15 is 0 Å². The van der Waals surface area contributed by atoms with Crippen LogP contribution in [0.5, 0.6) is 0 Å². The van der Waals surface area contributed by atoms with Crippen LogP contribution in [0.4, 0.5) is 10.5 Å². The molecule has 0 aliphatic carbocycles. The summed E-state index contributed by atoms with van der Waals surface area (Å²) in [6.45, 7) is 2.17. The van der Waals surface area contributed by atoms with Crippen molar-refractivity contribution >= 4 is 29.2 Å². The van der Waals surface area contributed by atoms with Crippen molar-refractivity contribution in [2.75, 3.05) is 25.0 Å².